The normalized spacial score (nSPS) is 11.7. The molecule has 0 radical (unpaired) electrons. The van der Waals surface area contributed by atoms with Crippen molar-refractivity contribution in [1.82, 2.24) is 5.32 Å². The Bertz CT molecular complexity index is 1990. The Morgan fingerprint density at radius 2 is 1.53 bits per heavy atom. The number of halogens is 2. The van der Waals surface area contributed by atoms with Gasteiger partial charge < -0.3 is 16.0 Å². The monoisotopic (exact) mass is 696 g/mol. The predicted octanol–water partition coefficient (Wildman–Crippen LogP) is 9.12. The molecule has 0 fully saturated rings. The van der Waals surface area contributed by atoms with Crippen molar-refractivity contribution in [2.75, 3.05) is 10.6 Å². The standard InChI is InChI=1S/C36H26Cl2N4O3S2/c1-22(33(43)42-36-28(20-39)29(21-46-36)23-10-4-2-5-11-23)47-26-15-8-14-25(18-26)40-35(45)32(19-27-30(37)16-9-17-31(27)38)41-34(44)24-12-6-3-7-13-24/h2-19,21-22H,1H3,(H,40,45)(H,41,44)(H,42,43)/b32-19+. The number of amides is 3. The Balaban J connectivity index is 1.30. The van der Waals surface area contributed by atoms with E-state index in [-0.39, 0.29) is 11.6 Å². The van der Waals surface area contributed by atoms with Crippen LogP contribution in [0.2, 0.25) is 10.0 Å². The van der Waals surface area contributed by atoms with Gasteiger partial charge in [-0.1, -0.05) is 83.9 Å². The number of carbonyl (C=O) groups is 3. The number of carbonyl (C=O) groups excluding carboxylic acids is 3. The van der Waals surface area contributed by atoms with Crippen LogP contribution in [0.3, 0.4) is 0 Å². The van der Waals surface area contributed by atoms with Crippen molar-refractivity contribution < 1.29 is 14.4 Å². The first kappa shape index (κ1) is 33.5. The lowest BCUT2D eigenvalue weighted by molar-refractivity contribution is -0.115. The zero-order valence-corrected chi connectivity index (χ0v) is 27.9. The van der Waals surface area contributed by atoms with Crippen molar-refractivity contribution in [1.29, 1.82) is 5.26 Å². The summed E-state index contributed by atoms with van der Waals surface area (Å²) >= 11 is 15.3. The molecule has 4 aromatic carbocycles. The summed E-state index contributed by atoms with van der Waals surface area (Å²) in [6.45, 7) is 1.76. The van der Waals surface area contributed by atoms with E-state index < -0.39 is 17.1 Å². The molecule has 0 aliphatic rings. The van der Waals surface area contributed by atoms with Crippen LogP contribution in [0.5, 0.6) is 0 Å². The third-order valence-corrected chi connectivity index (χ3v) is 9.46. The Morgan fingerprint density at radius 1 is 0.872 bits per heavy atom. The summed E-state index contributed by atoms with van der Waals surface area (Å²) in [6.07, 6.45) is 1.43. The molecule has 0 aliphatic heterocycles. The molecule has 1 atom stereocenters. The number of anilines is 2. The van der Waals surface area contributed by atoms with Crippen LogP contribution in [0.25, 0.3) is 17.2 Å². The first-order chi connectivity index (χ1) is 22.7. The van der Waals surface area contributed by atoms with Gasteiger partial charge in [-0.3, -0.25) is 14.4 Å². The van der Waals surface area contributed by atoms with E-state index in [2.05, 4.69) is 22.0 Å². The fourth-order valence-corrected chi connectivity index (χ4v) is 6.80. The highest BCUT2D eigenvalue weighted by Gasteiger charge is 2.21. The van der Waals surface area contributed by atoms with Crippen LogP contribution in [0.15, 0.2) is 119 Å². The van der Waals surface area contributed by atoms with Crippen LogP contribution in [-0.2, 0) is 9.59 Å². The quantitative estimate of drug-likeness (QED) is 0.0996. The number of hydrogen-bond donors (Lipinski definition) is 3. The second-order valence-corrected chi connectivity index (χ2v) is 13.2. The highest BCUT2D eigenvalue weighted by molar-refractivity contribution is 8.00. The van der Waals surface area contributed by atoms with E-state index in [9.17, 15) is 19.6 Å². The second kappa shape index (κ2) is 15.6. The molecule has 234 valence electrons. The van der Waals surface area contributed by atoms with Gasteiger partial charge in [0.2, 0.25) is 5.91 Å². The molecule has 1 aromatic heterocycles. The Labute approximate surface area is 290 Å². The van der Waals surface area contributed by atoms with E-state index in [0.717, 1.165) is 16.0 Å². The van der Waals surface area contributed by atoms with E-state index in [0.29, 0.717) is 37.4 Å². The van der Waals surface area contributed by atoms with Crippen LogP contribution < -0.4 is 16.0 Å². The largest absolute Gasteiger partial charge is 0.321 e. The first-order valence-corrected chi connectivity index (χ1v) is 16.7. The van der Waals surface area contributed by atoms with Crippen molar-refractivity contribution in [3.8, 4) is 17.2 Å². The lowest BCUT2D eigenvalue weighted by atomic mass is 10.1. The van der Waals surface area contributed by atoms with Crippen LogP contribution in [0, 0.1) is 11.3 Å². The average Bonchev–Trinajstić information content (AvgIpc) is 3.49. The zero-order chi connectivity index (χ0) is 33.3. The SMILES string of the molecule is CC(Sc1cccc(NC(=O)/C(=C\c2c(Cl)cccc2Cl)NC(=O)c2ccccc2)c1)C(=O)Nc1scc(-c2ccccc2)c1C#N. The number of nitrogens with zero attached hydrogens (tertiary/aromatic N) is 1. The summed E-state index contributed by atoms with van der Waals surface area (Å²) in [6, 6.07) is 32.2. The minimum absolute atomic E-state index is 0.0706. The summed E-state index contributed by atoms with van der Waals surface area (Å²) in [4.78, 5) is 40.4. The molecule has 3 N–H and O–H groups in total. The molecule has 0 spiro atoms. The van der Waals surface area contributed by atoms with Gasteiger partial charge >= 0.3 is 0 Å². The molecule has 0 saturated heterocycles. The molecule has 5 aromatic rings. The van der Waals surface area contributed by atoms with E-state index in [1.54, 1.807) is 73.7 Å². The Hall–Kier alpha value is -4.85. The van der Waals surface area contributed by atoms with Crippen molar-refractivity contribution in [2.45, 2.75) is 17.1 Å². The van der Waals surface area contributed by atoms with Crippen molar-refractivity contribution in [3.63, 3.8) is 0 Å². The molecule has 3 amide bonds. The van der Waals surface area contributed by atoms with E-state index >= 15 is 0 Å². The summed E-state index contributed by atoms with van der Waals surface area (Å²) in [5.74, 6) is -1.36. The average molecular weight is 698 g/mol. The first-order valence-electron chi connectivity index (χ1n) is 14.2. The number of rotatable bonds is 10. The fourth-order valence-electron chi connectivity index (χ4n) is 4.44. The van der Waals surface area contributed by atoms with E-state index in [1.807, 2.05) is 41.8 Å². The highest BCUT2D eigenvalue weighted by atomic mass is 35.5. The molecule has 5 rings (SSSR count). The van der Waals surface area contributed by atoms with Gasteiger partial charge in [0.1, 0.15) is 16.8 Å². The van der Waals surface area contributed by atoms with Crippen molar-refractivity contribution >= 4 is 80.8 Å². The van der Waals surface area contributed by atoms with E-state index in [4.69, 9.17) is 23.2 Å². The van der Waals surface area contributed by atoms with Crippen molar-refractivity contribution in [2.24, 2.45) is 0 Å². The number of nitrogens with one attached hydrogen (secondary N) is 3. The Morgan fingerprint density at radius 3 is 2.21 bits per heavy atom. The van der Waals surface area contributed by atoms with Crippen molar-refractivity contribution in [3.05, 3.63) is 141 Å². The highest BCUT2D eigenvalue weighted by Crippen LogP contribution is 2.36. The second-order valence-electron chi connectivity index (χ2n) is 10.1. The van der Waals surface area contributed by atoms with Gasteiger partial charge in [-0.15, -0.1) is 23.1 Å². The molecule has 1 heterocycles. The zero-order valence-electron chi connectivity index (χ0n) is 24.8. The minimum atomic E-state index is -0.603. The smallest absolute Gasteiger partial charge is 0.272 e. The van der Waals surface area contributed by atoms with Gasteiger partial charge in [-0.05, 0) is 61.0 Å². The summed E-state index contributed by atoms with van der Waals surface area (Å²) < 4.78 is 0. The number of thiophene rings is 1. The van der Waals surface area contributed by atoms with E-state index in [1.165, 1.54) is 29.2 Å². The number of hydrogen-bond acceptors (Lipinski definition) is 6. The molecule has 47 heavy (non-hydrogen) atoms. The van der Waals surface area contributed by atoms with Crippen LogP contribution in [-0.4, -0.2) is 23.0 Å². The molecule has 0 bridgehead atoms. The number of thioether (sulfide) groups is 1. The van der Waals surface area contributed by atoms with Crippen LogP contribution >= 0.6 is 46.3 Å². The van der Waals surface area contributed by atoms with Gasteiger partial charge in [0.15, 0.2) is 0 Å². The summed E-state index contributed by atoms with van der Waals surface area (Å²) in [7, 11) is 0. The summed E-state index contributed by atoms with van der Waals surface area (Å²) in [5, 5.41) is 20.6. The van der Waals surface area contributed by atoms with Crippen LogP contribution in [0.1, 0.15) is 28.4 Å². The maximum absolute atomic E-state index is 13.5. The Kier molecular flexibility index (Phi) is 11.1. The predicted molar refractivity (Wildman–Crippen MR) is 192 cm³/mol. The van der Waals surface area contributed by atoms with Gasteiger partial charge in [0, 0.05) is 42.7 Å². The molecular formula is C36H26Cl2N4O3S2. The lowest BCUT2D eigenvalue weighted by Gasteiger charge is -2.14. The minimum Gasteiger partial charge on any atom is -0.321 e. The summed E-state index contributed by atoms with van der Waals surface area (Å²) in [5.41, 5.74) is 3.19. The van der Waals surface area contributed by atoms with Crippen LogP contribution in [0.4, 0.5) is 10.7 Å². The maximum atomic E-state index is 13.5. The third-order valence-electron chi connectivity index (χ3n) is 6.82. The molecular weight excluding hydrogens is 671 g/mol. The molecule has 0 aliphatic carbocycles. The molecule has 1 unspecified atom stereocenters. The topological polar surface area (TPSA) is 111 Å². The van der Waals surface area contributed by atoms with Gasteiger partial charge in [0.05, 0.1) is 10.8 Å². The molecule has 11 heteroatoms. The number of nitriles is 1. The van der Waals surface area contributed by atoms with Gasteiger partial charge in [-0.25, -0.2) is 0 Å². The maximum Gasteiger partial charge on any atom is 0.272 e. The van der Waals surface area contributed by atoms with Gasteiger partial charge in [0.25, 0.3) is 11.8 Å². The third kappa shape index (κ3) is 8.50. The molecule has 0 saturated carbocycles. The number of benzene rings is 4. The lowest BCUT2D eigenvalue weighted by Crippen LogP contribution is -2.30. The molecule has 7 nitrogen and oxygen atoms in total. The fraction of sp³-hybridized carbons (Fsp3) is 0.0556. The van der Waals surface area contributed by atoms with Gasteiger partial charge in [-0.2, -0.15) is 5.26 Å².